The van der Waals surface area contributed by atoms with Crippen LogP contribution >= 0.6 is 11.6 Å². The molecule has 1 aliphatic rings. The van der Waals surface area contributed by atoms with Crippen LogP contribution in [0.3, 0.4) is 0 Å². The van der Waals surface area contributed by atoms with Crippen LogP contribution in [0.2, 0.25) is 0 Å². The zero-order chi connectivity index (χ0) is 11.6. The second-order valence-electron chi connectivity index (χ2n) is 4.72. The van der Waals surface area contributed by atoms with Crippen molar-refractivity contribution in [2.24, 2.45) is 0 Å². The predicted molar refractivity (Wildman–Crippen MR) is 70.2 cm³/mol. The highest BCUT2D eigenvalue weighted by Gasteiger charge is 2.27. The van der Waals surface area contributed by atoms with Crippen LogP contribution in [0.1, 0.15) is 13.8 Å². The molecule has 3 heteroatoms. The third-order valence-corrected chi connectivity index (χ3v) is 3.39. The lowest BCUT2D eigenvalue weighted by Gasteiger charge is -2.41. The Kier molecular flexibility index (Phi) is 3.41. The van der Waals surface area contributed by atoms with Gasteiger partial charge in [0.05, 0.1) is 5.00 Å². The highest BCUT2D eigenvalue weighted by Crippen LogP contribution is 2.23. The van der Waals surface area contributed by atoms with Crippen LogP contribution in [0.15, 0.2) is 30.3 Å². The first-order chi connectivity index (χ1) is 7.57. The number of halogens is 1. The number of hydrogen-bond donors (Lipinski definition) is 0. The summed E-state index contributed by atoms with van der Waals surface area (Å²) in [6.45, 7) is 8.30. The lowest BCUT2D eigenvalue weighted by Crippen LogP contribution is -2.52. The van der Waals surface area contributed by atoms with Crippen molar-refractivity contribution < 1.29 is 0 Å². The highest BCUT2D eigenvalue weighted by molar-refractivity contribution is 6.23. The molecule has 0 atom stereocenters. The lowest BCUT2D eigenvalue weighted by molar-refractivity contribution is 0.179. The van der Waals surface area contributed by atoms with E-state index in [-0.39, 0.29) is 5.00 Å². The Hall–Kier alpha value is -0.730. The zero-order valence-corrected chi connectivity index (χ0v) is 10.7. The predicted octanol–water partition coefficient (Wildman–Crippen LogP) is 2.78. The molecular weight excluding hydrogens is 220 g/mol. The number of para-hydroxylation sites is 1. The summed E-state index contributed by atoms with van der Waals surface area (Å²) in [7, 11) is 0. The van der Waals surface area contributed by atoms with Crippen LogP contribution in [0, 0.1) is 0 Å². The SMILES string of the molecule is CC(C)(Cl)N1CCN(c2ccccc2)CC1. The first kappa shape index (κ1) is 11.7. The van der Waals surface area contributed by atoms with Crippen LogP contribution in [0.25, 0.3) is 0 Å². The van der Waals surface area contributed by atoms with Gasteiger partial charge in [-0.1, -0.05) is 18.2 Å². The summed E-state index contributed by atoms with van der Waals surface area (Å²) in [4.78, 5) is 4.52. The molecule has 1 saturated heterocycles. The third kappa shape index (κ3) is 2.69. The van der Waals surface area contributed by atoms with E-state index in [0.29, 0.717) is 0 Å². The maximum Gasteiger partial charge on any atom is 0.0904 e. The zero-order valence-electron chi connectivity index (χ0n) is 9.99. The van der Waals surface area contributed by atoms with Crippen LogP contribution in [-0.2, 0) is 0 Å². The first-order valence-electron chi connectivity index (χ1n) is 5.81. The monoisotopic (exact) mass is 238 g/mol. The molecule has 0 unspecified atom stereocenters. The van der Waals surface area contributed by atoms with E-state index in [2.05, 4.69) is 54.0 Å². The summed E-state index contributed by atoms with van der Waals surface area (Å²) in [5, 5.41) is 0. The van der Waals surface area contributed by atoms with Crippen molar-refractivity contribution in [1.82, 2.24) is 4.90 Å². The van der Waals surface area contributed by atoms with E-state index in [1.165, 1.54) is 5.69 Å². The Morgan fingerprint density at radius 3 is 2.06 bits per heavy atom. The first-order valence-corrected chi connectivity index (χ1v) is 6.19. The van der Waals surface area contributed by atoms with Gasteiger partial charge in [-0.15, -0.1) is 11.6 Å². The van der Waals surface area contributed by atoms with Crippen LogP contribution < -0.4 is 4.90 Å². The fourth-order valence-corrected chi connectivity index (χ4v) is 2.30. The smallest absolute Gasteiger partial charge is 0.0904 e. The van der Waals surface area contributed by atoms with Gasteiger partial charge in [-0.05, 0) is 26.0 Å². The molecule has 0 saturated carbocycles. The van der Waals surface area contributed by atoms with Gasteiger partial charge in [-0.3, -0.25) is 4.90 Å². The van der Waals surface area contributed by atoms with Gasteiger partial charge < -0.3 is 4.90 Å². The van der Waals surface area contributed by atoms with E-state index in [9.17, 15) is 0 Å². The van der Waals surface area contributed by atoms with E-state index in [0.717, 1.165) is 26.2 Å². The Morgan fingerprint density at radius 1 is 1.00 bits per heavy atom. The van der Waals surface area contributed by atoms with Gasteiger partial charge in [0.2, 0.25) is 0 Å². The summed E-state index contributed by atoms with van der Waals surface area (Å²) in [6.07, 6.45) is 0. The second-order valence-corrected chi connectivity index (χ2v) is 5.64. The minimum Gasteiger partial charge on any atom is -0.369 e. The fraction of sp³-hybridized carbons (Fsp3) is 0.538. The van der Waals surface area contributed by atoms with Crippen molar-refractivity contribution in [3.05, 3.63) is 30.3 Å². The number of benzene rings is 1. The molecule has 88 valence electrons. The number of piperazine rings is 1. The molecular formula is C13H19ClN2. The Bertz CT molecular complexity index is 324. The molecule has 1 heterocycles. The molecule has 0 spiro atoms. The maximum absolute atomic E-state index is 6.31. The molecule has 1 aliphatic heterocycles. The van der Waals surface area contributed by atoms with Crippen LogP contribution in [0.5, 0.6) is 0 Å². The molecule has 2 rings (SSSR count). The quantitative estimate of drug-likeness (QED) is 0.578. The number of anilines is 1. The molecule has 0 aromatic heterocycles. The van der Waals surface area contributed by atoms with E-state index in [1.54, 1.807) is 0 Å². The molecule has 0 bridgehead atoms. The molecule has 1 fully saturated rings. The summed E-state index contributed by atoms with van der Waals surface area (Å²) in [5.74, 6) is 0. The topological polar surface area (TPSA) is 6.48 Å². The van der Waals surface area contributed by atoms with Crippen molar-refractivity contribution in [2.75, 3.05) is 31.1 Å². The van der Waals surface area contributed by atoms with Gasteiger partial charge in [0, 0.05) is 31.9 Å². The molecule has 0 amide bonds. The average Bonchev–Trinajstić information content (AvgIpc) is 2.29. The van der Waals surface area contributed by atoms with Gasteiger partial charge in [0.25, 0.3) is 0 Å². The molecule has 0 N–H and O–H groups in total. The lowest BCUT2D eigenvalue weighted by atomic mass is 10.2. The largest absolute Gasteiger partial charge is 0.369 e. The molecule has 2 nitrogen and oxygen atoms in total. The van der Waals surface area contributed by atoms with Gasteiger partial charge in [-0.2, -0.15) is 0 Å². The molecule has 0 radical (unpaired) electrons. The number of hydrogen-bond acceptors (Lipinski definition) is 2. The molecule has 1 aromatic carbocycles. The summed E-state index contributed by atoms with van der Waals surface area (Å²) < 4.78 is 0. The van der Waals surface area contributed by atoms with E-state index in [1.807, 2.05) is 0 Å². The van der Waals surface area contributed by atoms with Gasteiger partial charge in [0.15, 0.2) is 0 Å². The molecule has 0 aliphatic carbocycles. The van der Waals surface area contributed by atoms with Gasteiger partial charge >= 0.3 is 0 Å². The van der Waals surface area contributed by atoms with E-state index in [4.69, 9.17) is 11.6 Å². The van der Waals surface area contributed by atoms with Crippen molar-refractivity contribution in [3.63, 3.8) is 0 Å². The number of rotatable bonds is 2. The van der Waals surface area contributed by atoms with E-state index < -0.39 is 0 Å². The average molecular weight is 239 g/mol. The molecule has 16 heavy (non-hydrogen) atoms. The van der Waals surface area contributed by atoms with Crippen LogP contribution in [0.4, 0.5) is 5.69 Å². The van der Waals surface area contributed by atoms with Crippen molar-refractivity contribution in [1.29, 1.82) is 0 Å². The molecule has 1 aromatic rings. The fourth-order valence-electron chi connectivity index (χ4n) is 2.14. The van der Waals surface area contributed by atoms with Gasteiger partial charge in [0.1, 0.15) is 0 Å². The van der Waals surface area contributed by atoms with Crippen molar-refractivity contribution in [3.8, 4) is 0 Å². The Morgan fingerprint density at radius 2 is 1.56 bits per heavy atom. The maximum atomic E-state index is 6.31. The number of alkyl halides is 1. The van der Waals surface area contributed by atoms with E-state index >= 15 is 0 Å². The second kappa shape index (κ2) is 4.64. The van der Waals surface area contributed by atoms with Crippen molar-refractivity contribution >= 4 is 17.3 Å². The van der Waals surface area contributed by atoms with Gasteiger partial charge in [-0.25, -0.2) is 0 Å². The van der Waals surface area contributed by atoms with Crippen LogP contribution in [-0.4, -0.2) is 36.1 Å². The Labute approximate surface area is 103 Å². The summed E-state index contributed by atoms with van der Waals surface area (Å²) >= 11 is 6.31. The standard InChI is InChI=1S/C13H19ClN2/c1-13(2,14)16-10-8-15(9-11-16)12-6-4-3-5-7-12/h3-7H,8-11H2,1-2H3. The normalized spacial score (nSPS) is 18.8. The summed E-state index contributed by atoms with van der Waals surface area (Å²) in [5.41, 5.74) is 1.31. The highest BCUT2D eigenvalue weighted by atomic mass is 35.5. The van der Waals surface area contributed by atoms with Crippen molar-refractivity contribution in [2.45, 2.75) is 18.8 Å². The number of nitrogens with zero attached hydrogens (tertiary/aromatic N) is 2. The third-order valence-electron chi connectivity index (χ3n) is 3.15. The minimum atomic E-state index is -0.219. The minimum absolute atomic E-state index is 0.219. The Balaban J connectivity index is 1.96. The summed E-state index contributed by atoms with van der Waals surface area (Å²) in [6, 6.07) is 10.6.